The van der Waals surface area contributed by atoms with Crippen LogP contribution in [-0.4, -0.2) is 12.1 Å². The van der Waals surface area contributed by atoms with Crippen LogP contribution < -0.4 is 5.73 Å². The van der Waals surface area contributed by atoms with Crippen LogP contribution in [-0.2, 0) is 22.5 Å². The molecule has 9 heteroatoms. The van der Waals surface area contributed by atoms with Crippen molar-refractivity contribution in [3.63, 3.8) is 0 Å². The van der Waals surface area contributed by atoms with Gasteiger partial charge in [0.2, 0.25) is 0 Å². The molecule has 0 bridgehead atoms. The Morgan fingerprint density at radius 1 is 0.939 bits per heavy atom. The number of nitrogens with zero attached hydrogens (tertiary/aromatic N) is 1. The van der Waals surface area contributed by atoms with Gasteiger partial charge in [0, 0.05) is 5.41 Å². The van der Waals surface area contributed by atoms with Crippen LogP contribution in [0, 0.1) is 11.3 Å². The molecule has 0 amide bonds. The molecule has 178 valence electrons. The number of hydrogen-bond donors (Lipinski definition) is 1. The lowest BCUT2D eigenvalue weighted by Crippen LogP contribution is -2.48. The van der Waals surface area contributed by atoms with Gasteiger partial charge < -0.3 is 10.5 Å². The first kappa shape index (κ1) is 25.1. The zero-order valence-corrected chi connectivity index (χ0v) is 17.9. The third kappa shape index (κ3) is 5.68. The van der Waals surface area contributed by atoms with Crippen molar-refractivity contribution >= 4 is 0 Å². The topological polar surface area (TPSA) is 59.0 Å². The summed E-state index contributed by atoms with van der Waals surface area (Å²) in [5, 5.41) is 9.35. The summed E-state index contributed by atoms with van der Waals surface area (Å²) in [6.45, 7) is 1.50. The Balaban J connectivity index is 1.88. The lowest BCUT2D eigenvalue weighted by Gasteiger charge is -2.43. The summed E-state index contributed by atoms with van der Waals surface area (Å²) in [4.78, 5) is 0. The van der Waals surface area contributed by atoms with Crippen molar-refractivity contribution in [1.29, 1.82) is 5.26 Å². The standard InChI is InChI=1S/C24H24F6N2O/c1-16(17-11-19(23(25,26)27)13-20(12-17)24(28,29)30)33-15-21(18-5-3-2-4-6-18)7-9-22(32,14-31)10-8-21/h2-6,11-13,16H,7-10,15,32H2,1H3/t16-,21-,22-/m1/s1. The smallest absolute Gasteiger partial charge is 0.373 e. The number of benzene rings is 2. The number of rotatable bonds is 5. The summed E-state index contributed by atoms with van der Waals surface area (Å²) in [7, 11) is 0. The molecule has 0 aromatic heterocycles. The van der Waals surface area contributed by atoms with Gasteiger partial charge in [0.25, 0.3) is 0 Å². The molecular weight excluding hydrogens is 446 g/mol. The van der Waals surface area contributed by atoms with E-state index in [9.17, 15) is 31.6 Å². The Morgan fingerprint density at radius 2 is 1.45 bits per heavy atom. The highest BCUT2D eigenvalue weighted by molar-refractivity contribution is 5.35. The van der Waals surface area contributed by atoms with Crippen LogP contribution in [0.15, 0.2) is 48.5 Å². The molecule has 0 aliphatic heterocycles. The van der Waals surface area contributed by atoms with Gasteiger partial charge >= 0.3 is 12.4 Å². The van der Waals surface area contributed by atoms with E-state index in [1.807, 2.05) is 30.3 Å². The van der Waals surface area contributed by atoms with Crippen LogP contribution in [0.3, 0.4) is 0 Å². The number of nitrogens with two attached hydrogens (primary N) is 1. The van der Waals surface area contributed by atoms with Crippen LogP contribution >= 0.6 is 0 Å². The van der Waals surface area contributed by atoms with E-state index in [1.165, 1.54) is 6.92 Å². The summed E-state index contributed by atoms with van der Waals surface area (Å²) in [6, 6.07) is 12.9. The number of halogens is 6. The molecule has 0 unspecified atom stereocenters. The summed E-state index contributed by atoms with van der Waals surface area (Å²) < 4.78 is 85.2. The van der Waals surface area contributed by atoms with Gasteiger partial charge in [-0.3, -0.25) is 0 Å². The molecule has 1 saturated carbocycles. The number of hydrogen-bond acceptors (Lipinski definition) is 3. The van der Waals surface area contributed by atoms with Gasteiger partial charge in [-0.05, 0) is 61.9 Å². The van der Waals surface area contributed by atoms with Gasteiger partial charge in [0.1, 0.15) is 5.54 Å². The SMILES string of the molecule is C[C@@H](OC[C@]1(c2ccccc2)CC[C@@](N)(C#N)CC1)c1cc(C(F)(F)F)cc(C(F)(F)F)c1. The van der Waals surface area contributed by atoms with Crippen molar-refractivity contribution in [3.8, 4) is 6.07 Å². The van der Waals surface area contributed by atoms with Gasteiger partial charge in [-0.1, -0.05) is 30.3 Å². The molecule has 1 aliphatic rings. The molecule has 2 aromatic rings. The van der Waals surface area contributed by atoms with Crippen LogP contribution in [0.2, 0.25) is 0 Å². The fourth-order valence-corrected chi connectivity index (χ4v) is 4.19. The molecule has 1 atom stereocenters. The molecule has 1 aliphatic carbocycles. The van der Waals surface area contributed by atoms with Crippen LogP contribution in [0.25, 0.3) is 0 Å². The Bertz CT molecular complexity index is 970. The lowest BCUT2D eigenvalue weighted by atomic mass is 9.65. The highest BCUT2D eigenvalue weighted by Crippen LogP contribution is 2.44. The number of alkyl halides is 6. The zero-order chi connectivity index (χ0) is 24.5. The Kier molecular flexibility index (Phi) is 6.83. The third-order valence-corrected chi connectivity index (χ3v) is 6.40. The second-order valence-corrected chi connectivity index (χ2v) is 8.71. The average molecular weight is 470 g/mol. The third-order valence-electron chi connectivity index (χ3n) is 6.40. The monoisotopic (exact) mass is 470 g/mol. The first-order chi connectivity index (χ1) is 15.3. The fourth-order valence-electron chi connectivity index (χ4n) is 4.19. The molecule has 0 saturated heterocycles. The summed E-state index contributed by atoms with van der Waals surface area (Å²) in [5.41, 5.74) is 2.56. The average Bonchev–Trinajstić information content (AvgIpc) is 2.78. The molecule has 2 aromatic carbocycles. The van der Waals surface area contributed by atoms with Gasteiger partial charge in [0.05, 0.1) is 29.9 Å². The van der Waals surface area contributed by atoms with Crippen molar-refractivity contribution < 1.29 is 31.1 Å². The first-order valence-electron chi connectivity index (χ1n) is 10.4. The van der Waals surface area contributed by atoms with E-state index in [4.69, 9.17) is 10.5 Å². The normalized spacial score (nSPS) is 24.8. The Labute approximate surface area is 188 Å². The minimum Gasteiger partial charge on any atom is -0.373 e. The minimum atomic E-state index is -4.92. The second kappa shape index (κ2) is 8.99. The zero-order valence-electron chi connectivity index (χ0n) is 17.9. The van der Waals surface area contributed by atoms with E-state index in [2.05, 4.69) is 6.07 Å². The van der Waals surface area contributed by atoms with E-state index in [0.29, 0.717) is 37.8 Å². The fraction of sp³-hybridized carbons (Fsp3) is 0.458. The van der Waals surface area contributed by atoms with Crippen LogP contribution in [0.4, 0.5) is 26.3 Å². The molecule has 2 N–H and O–H groups in total. The molecule has 3 rings (SSSR count). The van der Waals surface area contributed by atoms with E-state index in [0.717, 1.165) is 5.56 Å². The Hall–Kier alpha value is -2.57. The highest BCUT2D eigenvalue weighted by Gasteiger charge is 2.43. The van der Waals surface area contributed by atoms with E-state index >= 15 is 0 Å². The highest BCUT2D eigenvalue weighted by atomic mass is 19.4. The molecular formula is C24H24F6N2O. The van der Waals surface area contributed by atoms with Crippen molar-refractivity contribution in [2.45, 2.75) is 62.0 Å². The minimum absolute atomic E-state index is 0.0668. The molecule has 1 fully saturated rings. The molecule has 3 nitrogen and oxygen atoms in total. The predicted molar refractivity (Wildman–Crippen MR) is 110 cm³/mol. The van der Waals surface area contributed by atoms with Gasteiger partial charge in [-0.25, -0.2) is 0 Å². The number of nitriles is 1. The molecule has 0 spiro atoms. The van der Waals surface area contributed by atoms with E-state index in [-0.39, 0.29) is 18.2 Å². The second-order valence-electron chi connectivity index (χ2n) is 8.71. The quantitative estimate of drug-likeness (QED) is 0.505. The van der Waals surface area contributed by atoms with E-state index in [1.54, 1.807) is 0 Å². The van der Waals surface area contributed by atoms with Crippen molar-refractivity contribution in [3.05, 3.63) is 70.8 Å². The summed E-state index contributed by atoms with van der Waals surface area (Å²) >= 11 is 0. The van der Waals surface area contributed by atoms with Gasteiger partial charge in [0.15, 0.2) is 0 Å². The maximum Gasteiger partial charge on any atom is 0.416 e. The molecule has 0 radical (unpaired) electrons. The van der Waals surface area contributed by atoms with E-state index < -0.39 is 40.5 Å². The van der Waals surface area contributed by atoms with Crippen molar-refractivity contribution in [2.24, 2.45) is 5.73 Å². The predicted octanol–water partition coefficient (Wildman–Crippen LogP) is 6.53. The summed E-state index contributed by atoms with van der Waals surface area (Å²) in [5.74, 6) is 0. The number of ether oxygens (including phenoxy) is 1. The van der Waals surface area contributed by atoms with Gasteiger partial charge in [-0.2, -0.15) is 31.6 Å². The lowest BCUT2D eigenvalue weighted by molar-refractivity contribution is -0.143. The maximum absolute atomic E-state index is 13.2. The first-order valence-corrected chi connectivity index (χ1v) is 10.4. The van der Waals surface area contributed by atoms with Gasteiger partial charge in [-0.15, -0.1) is 0 Å². The summed E-state index contributed by atoms with van der Waals surface area (Å²) in [6.07, 6.45) is -9.06. The largest absolute Gasteiger partial charge is 0.416 e. The maximum atomic E-state index is 13.2. The molecule has 33 heavy (non-hydrogen) atoms. The van der Waals surface area contributed by atoms with Crippen molar-refractivity contribution in [2.75, 3.05) is 6.61 Å². The molecule has 0 heterocycles. The Morgan fingerprint density at radius 3 is 1.91 bits per heavy atom. The van der Waals surface area contributed by atoms with Crippen molar-refractivity contribution in [1.82, 2.24) is 0 Å². The van der Waals surface area contributed by atoms with Crippen LogP contribution in [0.1, 0.15) is 61.0 Å². The van der Waals surface area contributed by atoms with Crippen LogP contribution in [0.5, 0.6) is 0 Å².